The number of hydrogen-bond donors (Lipinski definition) is 0. The van der Waals surface area contributed by atoms with Crippen LogP contribution in [0.3, 0.4) is 0 Å². The number of allylic oxidation sites excluding steroid dienone is 1. The Hall–Kier alpha value is -2.18. The molecule has 1 aromatic heterocycles. The monoisotopic (exact) mass is 628 g/mol. The van der Waals surface area contributed by atoms with Crippen molar-refractivity contribution in [2.75, 3.05) is 27.3 Å². The Bertz CT molecular complexity index is 1200. The standard InChI is InChI=1S/C24H23Cl2IN4O4/c1-30(2)10-22(27)23(32)16-3-6-18(7-4-16)33-11-19-12-34-24(35-19,13-31-15-28-14-29-31)20-8-5-17(25)9-21(20)26/h3-10,14-15,19H,11-13H2,1-2H3. The van der Waals surface area contributed by atoms with Crippen LogP contribution >= 0.6 is 45.8 Å². The normalized spacial score (nSPS) is 20.1. The maximum atomic E-state index is 12.5. The second-order valence-electron chi connectivity index (χ2n) is 8.13. The second kappa shape index (κ2) is 11.3. The molecule has 2 unspecified atom stereocenters. The van der Waals surface area contributed by atoms with Crippen LogP contribution in [0.15, 0.2) is 64.9 Å². The molecule has 1 aliphatic heterocycles. The van der Waals surface area contributed by atoms with Crippen LogP contribution in [0, 0.1) is 0 Å². The lowest BCUT2D eigenvalue weighted by molar-refractivity contribution is -0.190. The topological polar surface area (TPSA) is 78.7 Å². The van der Waals surface area contributed by atoms with Gasteiger partial charge in [-0.3, -0.25) is 4.79 Å². The lowest BCUT2D eigenvalue weighted by atomic mass is 10.1. The fourth-order valence-corrected chi connectivity index (χ4v) is 5.02. The molecule has 0 N–H and O–H groups in total. The highest BCUT2D eigenvalue weighted by molar-refractivity contribution is 14.1. The van der Waals surface area contributed by atoms with Crippen molar-refractivity contribution >= 4 is 51.6 Å². The molecule has 0 amide bonds. The van der Waals surface area contributed by atoms with E-state index in [4.69, 9.17) is 37.4 Å². The lowest BCUT2D eigenvalue weighted by Crippen LogP contribution is -2.35. The molecule has 2 heterocycles. The first-order chi connectivity index (χ1) is 16.8. The Morgan fingerprint density at radius 2 is 2.06 bits per heavy atom. The number of rotatable bonds is 9. The van der Waals surface area contributed by atoms with Gasteiger partial charge in [0.05, 0.1) is 15.2 Å². The minimum absolute atomic E-state index is 0.0453. The van der Waals surface area contributed by atoms with Crippen LogP contribution < -0.4 is 4.74 Å². The molecule has 1 aliphatic rings. The Balaban J connectivity index is 1.44. The van der Waals surface area contributed by atoms with E-state index in [1.165, 1.54) is 6.33 Å². The van der Waals surface area contributed by atoms with E-state index in [1.54, 1.807) is 59.7 Å². The van der Waals surface area contributed by atoms with Crippen molar-refractivity contribution in [1.29, 1.82) is 0 Å². The van der Waals surface area contributed by atoms with Crippen LogP contribution in [0.4, 0.5) is 0 Å². The van der Waals surface area contributed by atoms with Crippen LogP contribution in [0.5, 0.6) is 5.75 Å². The number of hydrogen-bond acceptors (Lipinski definition) is 7. The summed E-state index contributed by atoms with van der Waals surface area (Å²) in [6, 6.07) is 12.2. The zero-order valence-electron chi connectivity index (χ0n) is 19.0. The molecule has 1 saturated heterocycles. The zero-order chi connectivity index (χ0) is 25.0. The van der Waals surface area contributed by atoms with E-state index in [2.05, 4.69) is 10.1 Å². The summed E-state index contributed by atoms with van der Waals surface area (Å²) in [6.45, 7) is 0.786. The van der Waals surface area contributed by atoms with Crippen molar-refractivity contribution in [1.82, 2.24) is 19.7 Å². The van der Waals surface area contributed by atoms with E-state index in [0.717, 1.165) is 0 Å². The van der Waals surface area contributed by atoms with Gasteiger partial charge in [0.25, 0.3) is 0 Å². The molecule has 8 nitrogen and oxygen atoms in total. The third kappa shape index (κ3) is 6.34. The van der Waals surface area contributed by atoms with Gasteiger partial charge < -0.3 is 19.1 Å². The van der Waals surface area contributed by atoms with Gasteiger partial charge in [0.15, 0.2) is 0 Å². The number of benzene rings is 2. The highest BCUT2D eigenvalue weighted by Crippen LogP contribution is 2.40. The molecular formula is C24H23Cl2IN4O4. The third-order valence-corrected chi connectivity index (χ3v) is 6.49. The van der Waals surface area contributed by atoms with Crippen LogP contribution in [-0.4, -0.2) is 58.9 Å². The maximum Gasteiger partial charge on any atom is 0.217 e. The van der Waals surface area contributed by atoms with Crippen LogP contribution in [0.1, 0.15) is 15.9 Å². The predicted molar refractivity (Wildman–Crippen MR) is 141 cm³/mol. The van der Waals surface area contributed by atoms with Crippen LogP contribution in [0.2, 0.25) is 10.0 Å². The van der Waals surface area contributed by atoms with Crippen molar-refractivity contribution in [3.63, 3.8) is 0 Å². The number of halogens is 3. The van der Waals surface area contributed by atoms with Gasteiger partial charge in [-0.15, -0.1) is 0 Å². The fraction of sp³-hybridized carbons (Fsp3) is 0.292. The molecule has 4 rings (SSSR count). The minimum Gasteiger partial charge on any atom is -0.491 e. The maximum absolute atomic E-state index is 12.5. The van der Waals surface area contributed by atoms with E-state index in [-0.39, 0.29) is 31.6 Å². The molecule has 0 bridgehead atoms. The largest absolute Gasteiger partial charge is 0.491 e. The van der Waals surface area contributed by atoms with Gasteiger partial charge in [0, 0.05) is 36.4 Å². The molecule has 0 spiro atoms. The molecule has 2 aromatic carbocycles. The molecule has 11 heteroatoms. The van der Waals surface area contributed by atoms with Gasteiger partial charge in [-0.05, 0) is 59.0 Å². The molecule has 35 heavy (non-hydrogen) atoms. The Kier molecular flexibility index (Phi) is 8.33. The van der Waals surface area contributed by atoms with Crippen LogP contribution in [0.25, 0.3) is 0 Å². The molecule has 2 atom stereocenters. The van der Waals surface area contributed by atoms with Gasteiger partial charge in [0.2, 0.25) is 11.6 Å². The van der Waals surface area contributed by atoms with Crippen molar-refractivity contribution in [2.45, 2.75) is 18.4 Å². The highest BCUT2D eigenvalue weighted by atomic mass is 127. The van der Waals surface area contributed by atoms with Gasteiger partial charge in [0.1, 0.15) is 37.7 Å². The van der Waals surface area contributed by atoms with Crippen molar-refractivity contribution in [3.05, 3.63) is 86.1 Å². The van der Waals surface area contributed by atoms with Crippen molar-refractivity contribution in [2.24, 2.45) is 0 Å². The predicted octanol–water partition coefficient (Wildman–Crippen LogP) is 4.95. The number of Topliss-reactive ketones (excluding diaryl/α,β-unsaturated/α-hetero) is 1. The lowest BCUT2D eigenvalue weighted by Gasteiger charge is -2.29. The van der Waals surface area contributed by atoms with Gasteiger partial charge >= 0.3 is 0 Å². The van der Waals surface area contributed by atoms with E-state index < -0.39 is 5.79 Å². The van der Waals surface area contributed by atoms with Crippen molar-refractivity contribution < 1.29 is 19.0 Å². The fourth-order valence-electron chi connectivity index (χ4n) is 3.60. The average Bonchev–Trinajstić information content (AvgIpc) is 3.48. The number of ether oxygens (including phenoxy) is 3. The summed E-state index contributed by atoms with van der Waals surface area (Å²) in [5, 5.41) is 5.12. The number of carbonyl (C=O) groups is 1. The summed E-state index contributed by atoms with van der Waals surface area (Å²) in [6.07, 6.45) is 4.44. The summed E-state index contributed by atoms with van der Waals surface area (Å²) in [5.74, 6) is -0.596. The summed E-state index contributed by atoms with van der Waals surface area (Å²) < 4.78 is 20.7. The first-order valence-electron chi connectivity index (χ1n) is 10.7. The first kappa shape index (κ1) is 25.9. The van der Waals surface area contributed by atoms with E-state index in [1.807, 2.05) is 41.6 Å². The van der Waals surface area contributed by atoms with E-state index in [9.17, 15) is 4.79 Å². The second-order valence-corrected chi connectivity index (χ2v) is 10.1. The molecule has 184 valence electrons. The number of carbonyl (C=O) groups excluding carboxylic acids is 1. The third-order valence-electron chi connectivity index (χ3n) is 5.18. The Morgan fingerprint density at radius 1 is 1.29 bits per heavy atom. The Morgan fingerprint density at radius 3 is 2.71 bits per heavy atom. The van der Waals surface area contributed by atoms with E-state index >= 15 is 0 Å². The molecule has 3 aromatic rings. The van der Waals surface area contributed by atoms with Gasteiger partial charge in [-0.25, -0.2) is 9.67 Å². The molecule has 1 fully saturated rings. The minimum atomic E-state index is -1.17. The molecule has 0 aliphatic carbocycles. The molecule has 0 saturated carbocycles. The molecular weight excluding hydrogens is 606 g/mol. The van der Waals surface area contributed by atoms with E-state index in [0.29, 0.717) is 30.5 Å². The van der Waals surface area contributed by atoms with Gasteiger partial charge in [-0.2, -0.15) is 5.10 Å². The van der Waals surface area contributed by atoms with Gasteiger partial charge in [-0.1, -0.05) is 29.3 Å². The first-order valence-corrected chi connectivity index (χ1v) is 12.5. The summed E-state index contributed by atoms with van der Waals surface area (Å²) in [4.78, 5) is 18.4. The highest BCUT2D eigenvalue weighted by Gasteiger charge is 2.45. The van der Waals surface area contributed by atoms with Crippen molar-refractivity contribution in [3.8, 4) is 5.75 Å². The number of aromatic nitrogens is 3. The molecule has 0 radical (unpaired) electrons. The number of nitrogens with zero attached hydrogens (tertiary/aromatic N) is 4. The zero-order valence-corrected chi connectivity index (χ0v) is 22.7. The quantitative estimate of drug-likeness (QED) is 0.188. The Labute approximate surface area is 226 Å². The number of ketones is 1. The summed E-state index contributed by atoms with van der Waals surface area (Å²) >= 11 is 14.6. The van der Waals surface area contributed by atoms with Crippen LogP contribution in [-0.2, 0) is 21.8 Å². The summed E-state index contributed by atoms with van der Waals surface area (Å²) in [7, 11) is 3.75. The SMILES string of the molecule is CN(C)C=C(I)C(=O)c1ccc(OCC2COC(Cn3cncn3)(c3ccc(Cl)cc3Cl)O2)cc1. The summed E-state index contributed by atoms with van der Waals surface area (Å²) in [5.41, 5.74) is 1.23. The smallest absolute Gasteiger partial charge is 0.217 e. The average molecular weight is 629 g/mol.